The second-order valence-electron chi connectivity index (χ2n) is 5.95. The summed E-state index contributed by atoms with van der Waals surface area (Å²) in [5.41, 5.74) is 1.07. The molecule has 2 N–H and O–H groups in total. The molecule has 1 fully saturated rings. The maximum absolute atomic E-state index is 12.1. The molecule has 0 unspecified atom stereocenters. The molecule has 0 heterocycles. The summed E-state index contributed by atoms with van der Waals surface area (Å²) in [4.78, 5) is 12.1. The van der Waals surface area contributed by atoms with E-state index in [0.717, 1.165) is 30.2 Å². The van der Waals surface area contributed by atoms with E-state index in [0.29, 0.717) is 18.9 Å². The zero-order chi connectivity index (χ0) is 14.7. The number of aliphatic hydroxyl groups is 1. The lowest BCUT2D eigenvalue weighted by Gasteiger charge is -2.11. The first-order chi connectivity index (χ1) is 10.2. The Morgan fingerprint density at radius 1 is 1.14 bits per heavy atom. The number of carbonyl (C=O) groups excluding carboxylic acids is 1. The van der Waals surface area contributed by atoms with Crippen LogP contribution in [0.15, 0.2) is 42.5 Å². The Morgan fingerprint density at radius 3 is 2.76 bits per heavy atom. The average molecular weight is 283 g/mol. The van der Waals surface area contributed by atoms with Crippen molar-refractivity contribution in [2.45, 2.75) is 31.8 Å². The van der Waals surface area contributed by atoms with Crippen LogP contribution in [0.1, 0.15) is 24.8 Å². The van der Waals surface area contributed by atoms with Crippen LogP contribution >= 0.6 is 0 Å². The van der Waals surface area contributed by atoms with E-state index in [-0.39, 0.29) is 12.0 Å². The summed E-state index contributed by atoms with van der Waals surface area (Å²) < 4.78 is 0. The molecule has 110 valence electrons. The molecule has 0 radical (unpaired) electrons. The molecular formula is C18H21NO2. The number of nitrogens with one attached hydrogen (secondary N) is 1. The normalized spacial score (nSPS) is 21.6. The van der Waals surface area contributed by atoms with Gasteiger partial charge in [0.2, 0.25) is 5.91 Å². The summed E-state index contributed by atoms with van der Waals surface area (Å²) in [7, 11) is 0. The van der Waals surface area contributed by atoms with E-state index in [9.17, 15) is 9.90 Å². The van der Waals surface area contributed by atoms with Crippen molar-refractivity contribution in [3.63, 3.8) is 0 Å². The number of benzene rings is 2. The highest BCUT2D eigenvalue weighted by molar-refractivity contribution is 5.90. The standard InChI is InChI=1S/C18H21NO2/c20-16-9-8-13(10-16)12-19-18(21)11-15-6-3-5-14-4-1-2-7-17(14)15/h1-7,13,16,20H,8-12H2,(H,19,21)/t13-,16-/m1/s1. The van der Waals surface area contributed by atoms with Crippen molar-refractivity contribution in [3.05, 3.63) is 48.0 Å². The summed E-state index contributed by atoms with van der Waals surface area (Å²) in [6.07, 6.45) is 2.93. The molecule has 0 spiro atoms. The quantitative estimate of drug-likeness (QED) is 0.906. The van der Waals surface area contributed by atoms with Gasteiger partial charge in [-0.1, -0.05) is 42.5 Å². The Kier molecular flexibility index (Phi) is 4.20. The van der Waals surface area contributed by atoms with Crippen LogP contribution in [0.4, 0.5) is 0 Å². The molecule has 21 heavy (non-hydrogen) atoms. The van der Waals surface area contributed by atoms with Crippen molar-refractivity contribution in [1.82, 2.24) is 5.32 Å². The predicted octanol–water partition coefficient (Wildman–Crippen LogP) is 2.66. The second kappa shape index (κ2) is 6.27. The minimum Gasteiger partial charge on any atom is -0.393 e. The Balaban J connectivity index is 1.61. The third-order valence-electron chi connectivity index (χ3n) is 4.33. The van der Waals surface area contributed by atoms with E-state index in [1.165, 1.54) is 5.39 Å². The molecule has 0 saturated heterocycles. The van der Waals surface area contributed by atoms with Crippen LogP contribution in [-0.2, 0) is 11.2 Å². The third-order valence-corrected chi connectivity index (χ3v) is 4.33. The molecule has 0 bridgehead atoms. The summed E-state index contributed by atoms with van der Waals surface area (Å²) >= 11 is 0. The first-order valence-electron chi connectivity index (χ1n) is 7.64. The monoisotopic (exact) mass is 283 g/mol. The molecule has 3 rings (SSSR count). The van der Waals surface area contributed by atoms with Gasteiger partial charge in [0, 0.05) is 6.54 Å². The molecule has 2 atom stereocenters. The largest absolute Gasteiger partial charge is 0.393 e. The van der Waals surface area contributed by atoms with Gasteiger partial charge < -0.3 is 10.4 Å². The van der Waals surface area contributed by atoms with Crippen molar-refractivity contribution < 1.29 is 9.90 Å². The van der Waals surface area contributed by atoms with Crippen LogP contribution in [0, 0.1) is 5.92 Å². The van der Waals surface area contributed by atoms with Gasteiger partial charge in [-0.3, -0.25) is 4.79 Å². The number of hydrogen-bond acceptors (Lipinski definition) is 2. The molecule has 3 nitrogen and oxygen atoms in total. The van der Waals surface area contributed by atoms with Crippen LogP contribution in [0.25, 0.3) is 10.8 Å². The molecule has 0 aromatic heterocycles. The van der Waals surface area contributed by atoms with Crippen LogP contribution in [0.3, 0.4) is 0 Å². The van der Waals surface area contributed by atoms with Gasteiger partial charge in [0.05, 0.1) is 12.5 Å². The number of aliphatic hydroxyl groups excluding tert-OH is 1. The van der Waals surface area contributed by atoms with E-state index in [2.05, 4.69) is 23.5 Å². The zero-order valence-electron chi connectivity index (χ0n) is 12.1. The molecule has 1 aliphatic rings. The fourth-order valence-electron chi connectivity index (χ4n) is 3.17. The minimum absolute atomic E-state index is 0.0627. The van der Waals surface area contributed by atoms with Crippen molar-refractivity contribution in [1.29, 1.82) is 0 Å². The number of amides is 1. The van der Waals surface area contributed by atoms with Crippen LogP contribution < -0.4 is 5.32 Å². The number of rotatable bonds is 4. The molecular weight excluding hydrogens is 262 g/mol. The number of hydrogen-bond donors (Lipinski definition) is 2. The van der Waals surface area contributed by atoms with Gasteiger partial charge in [0.15, 0.2) is 0 Å². The van der Waals surface area contributed by atoms with Crippen molar-refractivity contribution in [2.75, 3.05) is 6.54 Å². The summed E-state index contributed by atoms with van der Waals surface area (Å²) in [5, 5.41) is 14.8. The van der Waals surface area contributed by atoms with E-state index in [1.807, 2.05) is 24.3 Å². The third kappa shape index (κ3) is 3.42. The fraction of sp³-hybridized carbons (Fsp3) is 0.389. The zero-order valence-corrected chi connectivity index (χ0v) is 12.1. The summed E-state index contributed by atoms with van der Waals surface area (Å²) in [6.45, 7) is 0.681. The number of carbonyl (C=O) groups is 1. The van der Waals surface area contributed by atoms with E-state index >= 15 is 0 Å². The lowest BCUT2D eigenvalue weighted by atomic mass is 10.0. The topological polar surface area (TPSA) is 49.3 Å². The van der Waals surface area contributed by atoms with E-state index < -0.39 is 0 Å². The second-order valence-corrected chi connectivity index (χ2v) is 5.95. The Hall–Kier alpha value is -1.87. The van der Waals surface area contributed by atoms with Gasteiger partial charge in [-0.15, -0.1) is 0 Å². The van der Waals surface area contributed by atoms with Crippen LogP contribution in [0.5, 0.6) is 0 Å². The van der Waals surface area contributed by atoms with Crippen molar-refractivity contribution >= 4 is 16.7 Å². The van der Waals surface area contributed by atoms with E-state index in [1.54, 1.807) is 0 Å². The fourth-order valence-corrected chi connectivity index (χ4v) is 3.17. The van der Waals surface area contributed by atoms with Crippen molar-refractivity contribution in [2.24, 2.45) is 5.92 Å². The lowest BCUT2D eigenvalue weighted by Crippen LogP contribution is -2.30. The molecule has 3 heteroatoms. The molecule has 2 aromatic carbocycles. The minimum atomic E-state index is -0.176. The van der Waals surface area contributed by atoms with Crippen LogP contribution in [0.2, 0.25) is 0 Å². The first kappa shape index (κ1) is 14.1. The SMILES string of the molecule is O=C(Cc1cccc2ccccc12)NC[C@@H]1CC[C@@H](O)C1. The molecule has 2 aromatic rings. The van der Waals surface area contributed by atoms with Gasteiger partial charge in [0.25, 0.3) is 0 Å². The summed E-state index contributed by atoms with van der Waals surface area (Å²) in [5.74, 6) is 0.490. The van der Waals surface area contributed by atoms with Gasteiger partial charge in [-0.25, -0.2) is 0 Å². The molecule has 1 amide bonds. The van der Waals surface area contributed by atoms with Crippen LogP contribution in [-0.4, -0.2) is 23.7 Å². The molecule has 0 aliphatic heterocycles. The highest BCUT2D eigenvalue weighted by Crippen LogP contribution is 2.24. The number of fused-ring (bicyclic) bond motifs is 1. The van der Waals surface area contributed by atoms with Gasteiger partial charge in [0.1, 0.15) is 0 Å². The maximum Gasteiger partial charge on any atom is 0.224 e. The van der Waals surface area contributed by atoms with Gasteiger partial charge in [-0.2, -0.15) is 0 Å². The van der Waals surface area contributed by atoms with Gasteiger partial charge >= 0.3 is 0 Å². The predicted molar refractivity (Wildman–Crippen MR) is 84.0 cm³/mol. The van der Waals surface area contributed by atoms with E-state index in [4.69, 9.17) is 0 Å². The molecule has 1 saturated carbocycles. The highest BCUT2D eigenvalue weighted by atomic mass is 16.3. The Bertz CT molecular complexity index is 633. The smallest absolute Gasteiger partial charge is 0.224 e. The summed E-state index contributed by atoms with van der Waals surface area (Å²) in [6, 6.07) is 14.2. The first-order valence-corrected chi connectivity index (χ1v) is 7.64. The average Bonchev–Trinajstić information content (AvgIpc) is 2.91. The Labute approximate surface area is 125 Å². The van der Waals surface area contributed by atoms with Gasteiger partial charge in [-0.05, 0) is 41.5 Å². The van der Waals surface area contributed by atoms with Crippen molar-refractivity contribution in [3.8, 4) is 0 Å². The lowest BCUT2D eigenvalue weighted by molar-refractivity contribution is -0.120. The molecule has 1 aliphatic carbocycles. The highest BCUT2D eigenvalue weighted by Gasteiger charge is 2.22. The Morgan fingerprint density at radius 2 is 1.95 bits per heavy atom. The maximum atomic E-state index is 12.1.